The summed E-state index contributed by atoms with van der Waals surface area (Å²) in [5, 5.41) is 0. The molecule has 0 radical (unpaired) electrons. The summed E-state index contributed by atoms with van der Waals surface area (Å²) in [5.74, 6) is 0.870. The third-order valence-electron chi connectivity index (χ3n) is 3.97. The van der Waals surface area contributed by atoms with Gasteiger partial charge in [0.1, 0.15) is 0 Å². The summed E-state index contributed by atoms with van der Waals surface area (Å²) >= 11 is -1.91. The summed E-state index contributed by atoms with van der Waals surface area (Å²) in [4.78, 5) is 6.93. The summed E-state index contributed by atoms with van der Waals surface area (Å²) in [6.45, 7) is 2.25. The van der Waals surface area contributed by atoms with Crippen LogP contribution in [0.4, 0.5) is 0 Å². The van der Waals surface area contributed by atoms with E-state index < -0.39 is 28.2 Å². The minimum absolute atomic E-state index is 0.422. The maximum atomic E-state index is 11.9. The Morgan fingerprint density at radius 3 is 1.52 bits per heavy atom. The Kier molecular flexibility index (Phi) is 12.6. The van der Waals surface area contributed by atoms with Crippen LogP contribution in [-0.2, 0) is 9.84 Å². The van der Waals surface area contributed by atoms with E-state index in [9.17, 15) is 8.42 Å². The van der Waals surface area contributed by atoms with Crippen LogP contribution in [-0.4, -0.2) is 38.3 Å². The summed E-state index contributed by atoms with van der Waals surface area (Å²) < 4.78 is 24.9. The average Bonchev–Trinajstić information content (AvgIpc) is 2.38. The number of hydrogen-bond acceptors (Lipinski definition) is 2. The molecule has 0 bridgehead atoms. The SMILES string of the molecule is CCCCCCCCCCCCS(=O)(=O)C[CH2][Sn]([CH3])([CH3])[CH3]. The third kappa shape index (κ3) is 16.9. The van der Waals surface area contributed by atoms with E-state index in [1.54, 1.807) is 0 Å². The van der Waals surface area contributed by atoms with E-state index in [1.165, 1.54) is 51.4 Å². The molecule has 0 rings (SSSR count). The molecule has 0 spiro atoms. The summed E-state index contributed by atoms with van der Waals surface area (Å²) in [5.41, 5.74) is 0. The Bertz CT molecular complexity index is 331. The molecule has 0 aromatic heterocycles. The van der Waals surface area contributed by atoms with E-state index in [-0.39, 0.29) is 0 Å². The normalized spacial score (nSPS) is 12.8. The zero-order chi connectivity index (χ0) is 16.2. The first-order valence-electron chi connectivity index (χ1n) is 8.97. The van der Waals surface area contributed by atoms with Gasteiger partial charge in [0.25, 0.3) is 0 Å². The van der Waals surface area contributed by atoms with Gasteiger partial charge in [0.2, 0.25) is 0 Å². The molecule has 0 amide bonds. The van der Waals surface area contributed by atoms with Gasteiger partial charge in [-0.2, -0.15) is 0 Å². The third-order valence-corrected chi connectivity index (χ3v) is 11.7. The van der Waals surface area contributed by atoms with Gasteiger partial charge in [-0.25, -0.2) is 0 Å². The Balaban J connectivity index is 3.45. The topological polar surface area (TPSA) is 34.1 Å². The van der Waals surface area contributed by atoms with Gasteiger partial charge in [-0.15, -0.1) is 0 Å². The van der Waals surface area contributed by atoms with Gasteiger partial charge < -0.3 is 0 Å². The van der Waals surface area contributed by atoms with Crippen molar-refractivity contribution in [1.82, 2.24) is 0 Å². The van der Waals surface area contributed by atoms with Crippen molar-refractivity contribution in [3.8, 4) is 0 Å². The predicted molar refractivity (Wildman–Crippen MR) is 98.7 cm³/mol. The molecule has 0 heterocycles. The van der Waals surface area contributed by atoms with Gasteiger partial charge >= 0.3 is 119 Å². The fourth-order valence-electron chi connectivity index (χ4n) is 2.37. The second-order valence-corrected chi connectivity index (χ2v) is 26.0. The van der Waals surface area contributed by atoms with Crippen molar-refractivity contribution in [1.29, 1.82) is 0 Å². The van der Waals surface area contributed by atoms with Gasteiger partial charge in [0, 0.05) is 0 Å². The van der Waals surface area contributed by atoms with Crippen LogP contribution in [0.1, 0.15) is 71.1 Å². The molecule has 0 N–H and O–H groups in total. The van der Waals surface area contributed by atoms with Crippen molar-refractivity contribution in [3.05, 3.63) is 0 Å². The van der Waals surface area contributed by atoms with Crippen molar-refractivity contribution in [2.24, 2.45) is 0 Å². The van der Waals surface area contributed by atoms with Gasteiger partial charge in [-0.05, 0) is 0 Å². The van der Waals surface area contributed by atoms with Crippen LogP contribution in [0.5, 0.6) is 0 Å². The van der Waals surface area contributed by atoms with E-state index in [4.69, 9.17) is 0 Å². The molecule has 0 saturated carbocycles. The Hall–Kier alpha value is 0.749. The molecule has 0 aliphatic carbocycles. The molecule has 128 valence electrons. The van der Waals surface area contributed by atoms with Crippen molar-refractivity contribution in [2.75, 3.05) is 11.5 Å². The van der Waals surface area contributed by atoms with Crippen molar-refractivity contribution in [2.45, 2.75) is 90.4 Å². The van der Waals surface area contributed by atoms with E-state index >= 15 is 0 Å². The fraction of sp³-hybridized carbons (Fsp3) is 1.00. The Morgan fingerprint density at radius 2 is 1.10 bits per heavy atom. The zero-order valence-corrected chi connectivity index (χ0v) is 18.6. The number of rotatable bonds is 14. The molecule has 0 aliphatic heterocycles. The van der Waals surface area contributed by atoms with E-state index in [1.807, 2.05) is 0 Å². The van der Waals surface area contributed by atoms with E-state index in [2.05, 4.69) is 21.7 Å². The fourth-order valence-corrected chi connectivity index (χ4v) is 12.1. The number of sulfone groups is 1. The average molecular weight is 425 g/mol. The molecular weight excluding hydrogens is 387 g/mol. The van der Waals surface area contributed by atoms with Crippen LogP contribution in [0.25, 0.3) is 0 Å². The number of hydrogen-bond donors (Lipinski definition) is 0. The van der Waals surface area contributed by atoms with E-state index in [0.717, 1.165) is 17.3 Å². The van der Waals surface area contributed by atoms with Crippen molar-refractivity contribution in [3.63, 3.8) is 0 Å². The van der Waals surface area contributed by atoms with Crippen LogP contribution >= 0.6 is 0 Å². The molecule has 0 unspecified atom stereocenters. The molecule has 0 aromatic carbocycles. The molecule has 2 nitrogen and oxygen atoms in total. The molecule has 0 aromatic rings. The van der Waals surface area contributed by atoms with Gasteiger partial charge in [0.05, 0.1) is 0 Å². The summed E-state index contributed by atoms with van der Waals surface area (Å²) in [6, 6.07) is 0. The first-order chi connectivity index (χ1) is 9.77. The number of unbranched alkanes of at least 4 members (excludes halogenated alkanes) is 9. The second-order valence-electron chi connectivity index (χ2n) is 7.64. The first-order valence-corrected chi connectivity index (χ1v) is 21.4. The van der Waals surface area contributed by atoms with Gasteiger partial charge in [-0.3, -0.25) is 0 Å². The van der Waals surface area contributed by atoms with Crippen LogP contribution in [0.3, 0.4) is 0 Å². The monoisotopic (exact) mass is 426 g/mol. The molecule has 4 heteroatoms. The zero-order valence-electron chi connectivity index (χ0n) is 14.9. The van der Waals surface area contributed by atoms with Crippen LogP contribution < -0.4 is 0 Å². The standard InChI is InChI=1S/C14H29O2S.3CH3.Sn/c1-3-5-6-7-8-9-10-11-12-13-14-17(15,16)4-2;;;;/h2-14H2,1H3;3*1H3;. The minimum atomic E-state index is -2.77. The predicted octanol–water partition coefficient (Wildman–Crippen LogP) is 5.66. The van der Waals surface area contributed by atoms with Crippen molar-refractivity contribution >= 4 is 28.2 Å². The van der Waals surface area contributed by atoms with Crippen molar-refractivity contribution < 1.29 is 8.42 Å². The summed E-state index contributed by atoms with van der Waals surface area (Å²) in [6.07, 6.45) is 12.6. The Morgan fingerprint density at radius 1 is 0.667 bits per heavy atom. The van der Waals surface area contributed by atoms with Crippen LogP contribution in [0.2, 0.25) is 19.3 Å². The van der Waals surface area contributed by atoms with Gasteiger partial charge in [0.15, 0.2) is 0 Å². The van der Waals surface area contributed by atoms with Crippen LogP contribution in [0.15, 0.2) is 0 Å². The Labute approximate surface area is 138 Å². The molecule has 0 saturated heterocycles. The van der Waals surface area contributed by atoms with Crippen LogP contribution in [0, 0.1) is 0 Å². The van der Waals surface area contributed by atoms with Gasteiger partial charge in [-0.1, -0.05) is 19.8 Å². The summed E-state index contributed by atoms with van der Waals surface area (Å²) in [7, 11) is -2.77. The quantitative estimate of drug-likeness (QED) is 0.266. The second kappa shape index (κ2) is 12.2. The molecule has 0 aliphatic rings. The molecule has 0 atom stereocenters. The maximum absolute atomic E-state index is 11.9. The molecule has 0 fully saturated rings. The first kappa shape index (κ1) is 21.7. The molecule has 21 heavy (non-hydrogen) atoms. The molecular formula is C17H38O2SSn. The van der Waals surface area contributed by atoms with E-state index in [0.29, 0.717) is 11.5 Å².